The van der Waals surface area contributed by atoms with Gasteiger partial charge in [0, 0.05) is 37.1 Å². The molecule has 0 aromatic carbocycles. The van der Waals surface area contributed by atoms with Crippen LogP contribution in [0.3, 0.4) is 0 Å². The number of amides is 2. The molecule has 0 saturated carbocycles. The first kappa shape index (κ1) is 15.0. The Labute approximate surface area is 122 Å². The van der Waals surface area contributed by atoms with Crippen LogP contribution in [0.5, 0.6) is 0 Å². The van der Waals surface area contributed by atoms with Crippen LogP contribution in [0.4, 0.5) is 0 Å². The Kier molecular flexibility index (Phi) is 6.01. The van der Waals surface area contributed by atoms with Gasteiger partial charge in [0.15, 0.2) is 0 Å². The summed E-state index contributed by atoms with van der Waals surface area (Å²) in [5.74, 6) is -0.0590. The third-order valence-electron chi connectivity index (χ3n) is 3.20. The van der Waals surface area contributed by atoms with Gasteiger partial charge in [0.1, 0.15) is 0 Å². The minimum absolute atomic E-state index is 0.0188. The lowest BCUT2D eigenvalue weighted by molar-refractivity contribution is -0.121. The first-order valence-corrected chi connectivity index (χ1v) is 7.88. The lowest BCUT2D eigenvalue weighted by atomic mass is 10.2. The molecule has 1 aliphatic heterocycles. The third-order valence-corrected chi connectivity index (χ3v) is 3.88. The van der Waals surface area contributed by atoms with Crippen molar-refractivity contribution in [2.75, 3.05) is 19.7 Å². The maximum Gasteiger partial charge on any atom is 0.252 e. The Morgan fingerprint density at radius 1 is 1.40 bits per heavy atom. The lowest BCUT2D eigenvalue weighted by Gasteiger charge is -2.10. The average molecular weight is 296 g/mol. The molecule has 1 aromatic rings. The molecule has 1 aliphatic rings. The Bertz CT molecular complexity index is 428. The highest BCUT2D eigenvalue weighted by atomic mass is 32.1. The van der Waals surface area contributed by atoms with E-state index in [0.717, 1.165) is 19.4 Å². The predicted molar refractivity (Wildman–Crippen MR) is 77.9 cm³/mol. The van der Waals surface area contributed by atoms with Crippen molar-refractivity contribution in [3.8, 4) is 0 Å². The van der Waals surface area contributed by atoms with E-state index in [0.29, 0.717) is 31.5 Å². The van der Waals surface area contributed by atoms with E-state index in [9.17, 15) is 9.59 Å². The van der Waals surface area contributed by atoms with Gasteiger partial charge < -0.3 is 15.4 Å². The number of rotatable bonds is 7. The monoisotopic (exact) mass is 296 g/mol. The van der Waals surface area contributed by atoms with Crippen molar-refractivity contribution in [2.24, 2.45) is 0 Å². The maximum absolute atomic E-state index is 11.6. The zero-order valence-corrected chi connectivity index (χ0v) is 12.2. The number of hydrogen-bond donors (Lipinski definition) is 2. The van der Waals surface area contributed by atoms with Crippen molar-refractivity contribution in [1.82, 2.24) is 10.6 Å². The molecule has 1 fully saturated rings. The van der Waals surface area contributed by atoms with Crippen LogP contribution in [0, 0.1) is 0 Å². The van der Waals surface area contributed by atoms with Gasteiger partial charge in [0.25, 0.3) is 5.91 Å². The average Bonchev–Trinajstić information content (AvgIpc) is 3.13. The van der Waals surface area contributed by atoms with Gasteiger partial charge in [-0.15, -0.1) is 0 Å². The van der Waals surface area contributed by atoms with Crippen molar-refractivity contribution in [3.63, 3.8) is 0 Å². The molecule has 2 amide bonds. The first-order chi connectivity index (χ1) is 9.75. The molecular formula is C14H20N2O3S. The lowest BCUT2D eigenvalue weighted by Crippen LogP contribution is -2.32. The molecule has 5 nitrogen and oxygen atoms in total. The molecule has 6 heteroatoms. The summed E-state index contributed by atoms with van der Waals surface area (Å²) in [6, 6.07) is 1.79. The highest BCUT2D eigenvalue weighted by molar-refractivity contribution is 7.08. The molecule has 2 N–H and O–H groups in total. The summed E-state index contributed by atoms with van der Waals surface area (Å²) in [4.78, 5) is 23.2. The van der Waals surface area contributed by atoms with Crippen molar-refractivity contribution in [2.45, 2.75) is 31.8 Å². The maximum atomic E-state index is 11.6. The van der Waals surface area contributed by atoms with E-state index in [1.54, 1.807) is 6.07 Å². The predicted octanol–water partition coefficient (Wildman–Crippen LogP) is 1.55. The number of thiophene rings is 1. The number of carbonyl (C=O) groups is 2. The summed E-state index contributed by atoms with van der Waals surface area (Å²) in [5.41, 5.74) is 0.679. The van der Waals surface area contributed by atoms with Crippen LogP contribution in [-0.2, 0) is 9.53 Å². The Morgan fingerprint density at radius 3 is 3.00 bits per heavy atom. The van der Waals surface area contributed by atoms with E-state index >= 15 is 0 Å². The highest BCUT2D eigenvalue weighted by Crippen LogP contribution is 2.10. The van der Waals surface area contributed by atoms with E-state index in [-0.39, 0.29) is 17.9 Å². The topological polar surface area (TPSA) is 67.4 Å². The van der Waals surface area contributed by atoms with Crippen LogP contribution in [0.1, 0.15) is 36.0 Å². The van der Waals surface area contributed by atoms with Crippen molar-refractivity contribution >= 4 is 23.2 Å². The quantitative estimate of drug-likeness (QED) is 0.750. The van der Waals surface area contributed by atoms with Gasteiger partial charge in [-0.3, -0.25) is 9.59 Å². The second kappa shape index (κ2) is 8.01. The Balaban J connectivity index is 1.52. The van der Waals surface area contributed by atoms with E-state index < -0.39 is 0 Å². The summed E-state index contributed by atoms with van der Waals surface area (Å²) in [5, 5.41) is 9.34. The highest BCUT2D eigenvalue weighted by Gasteiger charge is 2.15. The van der Waals surface area contributed by atoms with Crippen LogP contribution in [0.25, 0.3) is 0 Å². The van der Waals surface area contributed by atoms with E-state index in [1.807, 2.05) is 10.8 Å². The van der Waals surface area contributed by atoms with Gasteiger partial charge in [0.2, 0.25) is 5.91 Å². The summed E-state index contributed by atoms with van der Waals surface area (Å²) in [6.07, 6.45) is 3.35. The summed E-state index contributed by atoms with van der Waals surface area (Å²) in [7, 11) is 0. The molecular weight excluding hydrogens is 276 g/mol. The largest absolute Gasteiger partial charge is 0.376 e. The second-order valence-corrected chi connectivity index (χ2v) is 5.59. The van der Waals surface area contributed by atoms with E-state index in [4.69, 9.17) is 4.74 Å². The molecule has 110 valence electrons. The Hall–Kier alpha value is -1.40. The van der Waals surface area contributed by atoms with E-state index in [1.165, 1.54) is 11.3 Å². The molecule has 2 heterocycles. The molecule has 0 aliphatic carbocycles. The standard InChI is InChI=1S/C14H20N2O3S/c17-13(16-9-12-3-2-7-19-12)4-1-6-15-14(18)11-5-8-20-10-11/h5,8,10,12H,1-4,6-7,9H2,(H,15,18)(H,16,17). The number of ether oxygens (including phenoxy) is 1. The molecule has 1 saturated heterocycles. The van der Waals surface area contributed by atoms with Gasteiger partial charge in [-0.05, 0) is 30.7 Å². The van der Waals surface area contributed by atoms with Crippen molar-refractivity contribution in [3.05, 3.63) is 22.4 Å². The molecule has 20 heavy (non-hydrogen) atoms. The summed E-state index contributed by atoms with van der Waals surface area (Å²) < 4.78 is 5.43. The minimum Gasteiger partial charge on any atom is -0.376 e. The molecule has 2 rings (SSSR count). The van der Waals surface area contributed by atoms with Gasteiger partial charge in [0.05, 0.1) is 6.10 Å². The molecule has 1 unspecified atom stereocenters. The summed E-state index contributed by atoms with van der Waals surface area (Å²) in [6.45, 7) is 1.91. The third kappa shape index (κ3) is 4.94. The van der Waals surface area contributed by atoms with E-state index in [2.05, 4.69) is 10.6 Å². The molecule has 0 spiro atoms. The van der Waals surface area contributed by atoms with Crippen LogP contribution >= 0.6 is 11.3 Å². The second-order valence-electron chi connectivity index (χ2n) is 4.81. The SMILES string of the molecule is O=C(CCCNC(=O)c1ccsc1)NCC1CCCO1. The fraction of sp³-hybridized carbons (Fsp3) is 0.571. The van der Waals surface area contributed by atoms with Crippen molar-refractivity contribution in [1.29, 1.82) is 0 Å². The van der Waals surface area contributed by atoms with Crippen molar-refractivity contribution < 1.29 is 14.3 Å². The van der Waals surface area contributed by atoms with Gasteiger partial charge >= 0.3 is 0 Å². The fourth-order valence-corrected chi connectivity index (χ4v) is 2.70. The summed E-state index contributed by atoms with van der Waals surface area (Å²) >= 11 is 1.49. The van der Waals surface area contributed by atoms with Gasteiger partial charge in [-0.1, -0.05) is 0 Å². The minimum atomic E-state index is -0.0778. The molecule has 0 radical (unpaired) electrons. The normalized spacial score (nSPS) is 17.9. The van der Waals surface area contributed by atoms with Gasteiger partial charge in [-0.2, -0.15) is 11.3 Å². The number of hydrogen-bond acceptors (Lipinski definition) is 4. The Morgan fingerprint density at radius 2 is 2.30 bits per heavy atom. The zero-order chi connectivity index (χ0) is 14.2. The number of nitrogens with one attached hydrogen (secondary N) is 2. The van der Waals surface area contributed by atoms with Crippen LogP contribution in [0.2, 0.25) is 0 Å². The molecule has 0 bridgehead atoms. The van der Waals surface area contributed by atoms with Crippen LogP contribution in [-0.4, -0.2) is 37.6 Å². The fourth-order valence-electron chi connectivity index (χ4n) is 2.07. The van der Waals surface area contributed by atoms with Crippen LogP contribution < -0.4 is 10.6 Å². The van der Waals surface area contributed by atoms with Gasteiger partial charge in [-0.25, -0.2) is 0 Å². The molecule has 1 atom stereocenters. The smallest absolute Gasteiger partial charge is 0.252 e. The van der Waals surface area contributed by atoms with Crippen LogP contribution in [0.15, 0.2) is 16.8 Å². The zero-order valence-electron chi connectivity index (χ0n) is 11.4. The first-order valence-electron chi connectivity index (χ1n) is 6.94. The number of carbonyl (C=O) groups excluding carboxylic acids is 2. The molecule has 1 aromatic heterocycles.